The number of hydrogen-bond acceptors (Lipinski definition) is 4. The molecule has 0 atom stereocenters. The van der Waals surface area contributed by atoms with Gasteiger partial charge in [-0.05, 0) is 67.0 Å². The van der Waals surface area contributed by atoms with E-state index in [2.05, 4.69) is 5.32 Å². The Morgan fingerprint density at radius 3 is 2.36 bits per heavy atom. The summed E-state index contributed by atoms with van der Waals surface area (Å²) in [5, 5.41) is 11.8. The van der Waals surface area contributed by atoms with Crippen LogP contribution in [0.2, 0.25) is 0 Å². The van der Waals surface area contributed by atoms with Gasteiger partial charge in [-0.25, -0.2) is 0 Å². The van der Waals surface area contributed by atoms with Crippen LogP contribution in [-0.2, 0) is 15.8 Å². The molecule has 6 nitrogen and oxygen atoms in total. The summed E-state index contributed by atoms with van der Waals surface area (Å²) in [5.41, 5.74) is 4.50. The summed E-state index contributed by atoms with van der Waals surface area (Å²) in [6.07, 6.45) is 0.0610. The summed E-state index contributed by atoms with van der Waals surface area (Å²) in [5.74, 6) is -1.34. The summed E-state index contributed by atoms with van der Waals surface area (Å²) in [7, 11) is 0. The Kier molecular flexibility index (Phi) is 7.13. The van der Waals surface area contributed by atoms with Crippen LogP contribution in [-0.4, -0.2) is 16.9 Å². The number of carbonyl (C=O) groups excluding carboxylic acids is 2. The smallest absolute Gasteiger partial charge is 0.366 e. The van der Waals surface area contributed by atoms with E-state index in [1.54, 1.807) is 24.3 Å². The molecule has 0 radical (unpaired) electrons. The van der Waals surface area contributed by atoms with Crippen LogP contribution in [0.3, 0.4) is 0 Å². The normalized spacial score (nSPS) is 13.8. The molecule has 1 saturated carbocycles. The molecule has 1 fully saturated rings. The maximum atomic E-state index is 13.5. The van der Waals surface area contributed by atoms with Gasteiger partial charge in [0.05, 0.1) is 22.9 Å². The number of halogens is 3. The number of nitrogens with zero attached hydrogens (tertiary/aromatic N) is 2. The molecule has 0 aromatic heterocycles. The molecule has 0 bridgehead atoms. The maximum absolute atomic E-state index is 13.5. The lowest BCUT2D eigenvalue weighted by Crippen LogP contribution is -2.45. The zero-order valence-corrected chi connectivity index (χ0v) is 18.0. The fourth-order valence-corrected chi connectivity index (χ4v) is 3.53. The first-order valence-electron chi connectivity index (χ1n) is 9.94. The molecule has 1 aliphatic rings. The topological polar surface area (TPSA) is 99.2 Å². The number of nitrogens with two attached hydrogens (primary N) is 1. The van der Waals surface area contributed by atoms with Gasteiger partial charge < -0.3 is 11.1 Å². The highest BCUT2D eigenvalue weighted by molar-refractivity contribution is 7.80. The number of primary amides is 1. The van der Waals surface area contributed by atoms with Gasteiger partial charge in [-0.2, -0.15) is 18.4 Å². The second-order valence-corrected chi connectivity index (χ2v) is 7.82. The molecular weight excluding hydrogens is 453 g/mol. The van der Waals surface area contributed by atoms with Crippen molar-refractivity contribution in [3.05, 3.63) is 65.2 Å². The highest BCUT2D eigenvalue weighted by Gasteiger charge is 2.37. The molecule has 0 unspecified atom stereocenters. The molecule has 3 N–H and O–H groups in total. The van der Waals surface area contributed by atoms with Crippen molar-refractivity contribution >= 4 is 46.6 Å². The van der Waals surface area contributed by atoms with E-state index < -0.39 is 29.1 Å². The van der Waals surface area contributed by atoms with Gasteiger partial charge in [0.25, 0.3) is 0 Å². The SMILES string of the molecule is N#Cc1ccc(N(C(=O)C2CCC2)C(=S)Nc2ccc(/C=C/C(N)=O)cc2)cc1C(F)(F)F. The first kappa shape index (κ1) is 23.9. The number of amides is 2. The summed E-state index contributed by atoms with van der Waals surface area (Å²) in [6.45, 7) is 0. The fourth-order valence-electron chi connectivity index (χ4n) is 3.22. The molecule has 3 rings (SSSR count). The van der Waals surface area contributed by atoms with Crippen LogP contribution in [0.4, 0.5) is 24.5 Å². The van der Waals surface area contributed by atoms with E-state index in [0.29, 0.717) is 24.1 Å². The number of benzene rings is 2. The Bertz CT molecular complexity index is 1150. The van der Waals surface area contributed by atoms with Crippen molar-refractivity contribution in [3.8, 4) is 6.07 Å². The van der Waals surface area contributed by atoms with E-state index >= 15 is 0 Å². The van der Waals surface area contributed by atoms with E-state index in [1.165, 1.54) is 24.3 Å². The zero-order valence-electron chi connectivity index (χ0n) is 17.2. The van der Waals surface area contributed by atoms with Gasteiger partial charge in [0.2, 0.25) is 11.8 Å². The number of thiocarbonyl (C=S) groups is 1. The number of nitrogens with one attached hydrogen (secondary N) is 1. The predicted octanol–water partition coefficient (Wildman–Crippen LogP) is 4.61. The van der Waals surface area contributed by atoms with Crippen molar-refractivity contribution in [2.24, 2.45) is 11.7 Å². The van der Waals surface area contributed by atoms with Crippen LogP contribution < -0.4 is 16.0 Å². The molecule has 0 saturated heterocycles. The first-order chi connectivity index (χ1) is 15.6. The summed E-state index contributed by atoms with van der Waals surface area (Å²) >= 11 is 5.40. The molecule has 2 amide bonds. The van der Waals surface area contributed by atoms with Crippen LogP contribution in [0.15, 0.2) is 48.5 Å². The second-order valence-electron chi connectivity index (χ2n) is 7.43. The number of anilines is 2. The monoisotopic (exact) mass is 472 g/mol. The quantitative estimate of drug-likeness (QED) is 0.489. The van der Waals surface area contributed by atoms with Crippen LogP contribution in [0.1, 0.15) is 36.0 Å². The fraction of sp³-hybridized carbons (Fsp3) is 0.217. The van der Waals surface area contributed by atoms with E-state index in [-0.39, 0.29) is 16.7 Å². The average Bonchev–Trinajstić information content (AvgIpc) is 2.71. The van der Waals surface area contributed by atoms with Gasteiger partial charge >= 0.3 is 6.18 Å². The van der Waals surface area contributed by atoms with Gasteiger partial charge in [-0.3, -0.25) is 14.5 Å². The zero-order chi connectivity index (χ0) is 24.2. The Morgan fingerprint density at radius 1 is 1.18 bits per heavy atom. The van der Waals surface area contributed by atoms with Crippen LogP contribution in [0.5, 0.6) is 0 Å². The molecule has 2 aromatic rings. The minimum absolute atomic E-state index is 0.0725. The molecule has 0 heterocycles. The maximum Gasteiger partial charge on any atom is 0.417 e. The van der Waals surface area contributed by atoms with Gasteiger partial charge in [-0.1, -0.05) is 18.6 Å². The van der Waals surface area contributed by atoms with Crippen LogP contribution in [0.25, 0.3) is 6.08 Å². The van der Waals surface area contributed by atoms with Crippen LogP contribution >= 0.6 is 12.2 Å². The van der Waals surface area contributed by atoms with Crippen molar-refractivity contribution in [2.75, 3.05) is 10.2 Å². The molecule has 10 heteroatoms. The second kappa shape index (κ2) is 9.83. The summed E-state index contributed by atoms with van der Waals surface area (Å²) in [6, 6.07) is 11.2. The van der Waals surface area contributed by atoms with Crippen molar-refractivity contribution in [3.63, 3.8) is 0 Å². The van der Waals surface area contributed by atoms with E-state index in [4.69, 9.17) is 23.2 Å². The summed E-state index contributed by atoms with van der Waals surface area (Å²) < 4.78 is 40.4. The highest BCUT2D eigenvalue weighted by atomic mass is 32.1. The minimum atomic E-state index is -4.77. The Labute approximate surface area is 193 Å². The molecule has 1 aliphatic carbocycles. The van der Waals surface area contributed by atoms with Gasteiger partial charge in [0.1, 0.15) is 0 Å². The Balaban J connectivity index is 1.92. The lowest BCUT2D eigenvalue weighted by Gasteiger charge is -2.32. The lowest BCUT2D eigenvalue weighted by atomic mass is 9.84. The minimum Gasteiger partial charge on any atom is -0.366 e. The van der Waals surface area contributed by atoms with Crippen LogP contribution in [0, 0.1) is 17.2 Å². The molecule has 0 aliphatic heterocycles. The first-order valence-corrected chi connectivity index (χ1v) is 10.3. The third-order valence-corrected chi connectivity index (χ3v) is 5.45. The van der Waals surface area contributed by atoms with E-state index in [0.717, 1.165) is 23.5 Å². The molecule has 33 heavy (non-hydrogen) atoms. The number of rotatable bonds is 5. The number of alkyl halides is 3. The Morgan fingerprint density at radius 2 is 1.85 bits per heavy atom. The third kappa shape index (κ3) is 5.75. The van der Waals surface area contributed by atoms with E-state index in [1.807, 2.05) is 0 Å². The van der Waals surface area contributed by atoms with Crippen molar-refractivity contribution in [2.45, 2.75) is 25.4 Å². The van der Waals surface area contributed by atoms with Crippen molar-refractivity contribution in [1.82, 2.24) is 0 Å². The third-order valence-electron chi connectivity index (χ3n) is 5.17. The van der Waals surface area contributed by atoms with Crippen molar-refractivity contribution in [1.29, 1.82) is 5.26 Å². The van der Waals surface area contributed by atoms with Gasteiger partial charge in [-0.15, -0.1) is 0 Å². The van der Waals surface area contributed by atoms with Crippen molar-refractivity contribution < 1.29 is 22.8 Å². The number of carbonyl (C=O) groups is 2. The molecule has 0 spiro atoms. The largest absolute Gasteiger partial charge is 0.417 e. The average molecular weight is 472 g/mol. The molecular formula is C23H19F3N4O2S. The molecule has 170 valence electrons. The lowest BCUT2D eigenvalue weighted by molar-refractivity contribution is -0.137. The summed E-state index contributed by atoms with van der Waals surface area (Å²) in [4.78, 5) is 25.0. The van der Waals surface area contributed by atoms with E-state index in [9.17, 15) is 22.8 Å². The highest BCUT2D eigenvalue weighted by Crippen LogP contribution is 2.36. The molecule has 2 aromatic carbocycles. The standard InChI is InChI=1S/C23H19F3N4O2S/c24-23(25,26)19-12-18(10-7-16(19)13-27)30(21(32)15-2-1-3-15)22(33)29-17-8-4-14(5-9-17)6-11-20(28)31/h4-12,15H,1-3H2,(H2,28,31)(H,29,33)/b11-6+. The Hall–Kier alpha value is -3.71. The van der Waals surface area contributed by atoms with Gasteiger partial charge in [0, 0.05) is 17.7 Å². The number of nitriles is 1. The number of hydrogen-bond donors (Lipinski definition) is 2. The predicted molar refractivity (Wildman–Crippen MR) is 122 cm³/mol. The van der Waals surface area contributed by atoms with Gasteiger partial charge in [0.15, 0.2) is 5.11 Å².